The molecule has 9 nitrogen and oxygen atoms in total. The average Bonchev–Trinajstić information content (AvgIpc) is 3.50. The number of rotatable bonds is 11. The molecule has 0 aliphatic heterocycles. The molecular formula is C38H33N3O6. The van der Waals surface area contributed by atoms with Gasteiger partial charge in [0, 0.05) is 16.3 Å². The molecule has 0 aliphatic carbocycles. The van der Waals surface area contributed by atoms with Crippen LogP contribution in [0.5, 0.6) is 23.0 Å². The summed E-state index contributed by atoms with van der Waals surface area (Å²) in [6.07, 6.45) is 1.49. The van der Waals surface area contributed by atoms with Crippen molar-refractivity contribution in [2.45, 2.75) is 13.8 Å². The summed E-state index contributed by atoms with van der Waals surface area (Å²) < 4.78 is 22.4. The van der Waals surface area contributed by atoms with Crippen molar-refractivity contribution in [1.82, 2.24) is 10.4 Å². The summed E-state index contributed by atoms with van der Waals surface area (Å²) in [5, 5.41) is 7.25. The quantitative estimate of drug-likeness (QED) is 0.0657. The molecule has 1 heterocycles. The van der Waals surface area contributed by atoms with Crippen molar-refractivity contribution >= 4 is 39.8 Å². The molecular weight excluding hydrogens is 594 g/mol. The number of amides is 1. The number of hydrogen-bond donors (Lipinski definition) is 2. The number of esters is 1. The van der Waals surface area contributed by atoms with E-state index in [1.54, 1.807) is 36.4 Å². The van der Waals surface area contributed by atoms with E-state index >= 15 is 0 Å². The average molecular weight is 628 g/mol. The summed E-state index contributed by atoms with van der Waals surface area (Å²) in [7, 11) is 1.48. The summed E-state index contributed by atoms with van der Waals surface area (Å²) in [4.78, 5) is 29.9. The predicted octanol–water partition coefficient (Wildman–Crippen LogP) is 7.78. The van der Waals surface area contributed by atoms with Crippen molar-refractivity contribution in [1.29, 1.82) is 0 Å². The highest BCUT2D eigenvalue weighted by atomic mass is 16.6. The minimum absolute atomic E-state index is 0.225. The van der Waals surface area contributed by atoms with Crippen molar-refractivity contribution in [2.75, 3.05) is 20.3 Å². The third-order valence-electron chi connectivity index (χ3n) is 7.54. The minimum Gasteiger partial charge on any atom is -0.493 e. The van der Waals surface area contributed by atoms with E-state index in [1.165, 1.54) is 13.3 Å². The molecule has 5 aromatic carbocycles. The molecule has 0 unspecified atom stereocenters. The van der Waals surface area contributed by atoms with Crippen LogP contribution in [0.3, 0.4) is 0 Å². The molecule has 6 rings (SSSR count). The molecule has 236 valence electrons. The number of fused-ring (bicyclic) bond motifs is 3. The first-order chi connectivity index (χ1) is 23.0. The fourth-order valence-electron chi connectivity index (χ4n) is 5.42. The maximum atomic E-state index is 13.5. The number of methoxy groups -OCH3 is 1. The van der Waals surface area contributed by atoms with Gasteiger partial charge in [-0.1, -0.05) is 66.7 Å². The van der Waals surface area contributed by atoms with E-state index in [9.17, 15) is 9.59 Å². The first-order valence-corrected chi connectivity index (χ1v) is 15.2. The molecule has 6 aromatic rings. The van der Waals surface area contributed by atoms with E-state index in [1.807, 2.05) is 74.5 Å². The topological polar surface area (TPSA) is 111 Å². The summed E-state index contributed by atoms with van der Waals surface area (Å²) in [5.74, 6) is 0.581. The largest absolute Gasteiger partial charge is 0.493 e. The van der Waals surface area contributed by atoms with Crippen molar-refractivity contribution in [2.24, 2.45) is 5.10 Å². The molecule has 0 spiro atoms. The first kappa shape index (κ1) is 30.9. The molecule has 0 atom stereocenters. The maximum absolute atomic E-state index is 13.5. The monoisotopic (exact) mass is 627 g/mol. The Labute approximate surface area is 271 Å². The number of hydrazone groups is 1. The third-order valence-corrected chi connectivity index (χ3v) is 7.54. The van der Waals surface area contributed by atoms with Gasteiger partial charge >= 0.3 is 5.97 Å². The van der Waals surface area contributed by atoms with Gasteiger partial charge in [-0.15, -0.1) is 0 Å². The van der Waals surface area contributed by atoms with Gasteiger partial charge in [-0.25, -0.2) is 10.2 Å². The Balaban J connectivity index is 1.21. The van der Waals surface area contributed by atoms with Crippen LogP contribution in [0.25, 0.3) is 32.8 Å². The summed E-state index contributed by atoms with van der Waals surface area (Å²) in [6.45, 7) is 4.62. The van der Waals surface area contributed by atoms with Crippen molar-refractivity contribution in [3.63, 3.8) is 0 Å². The SMILES string of the molecule is CCOc1ccc(C(=O)Oc2ccc(C=NNC(=O)c3[nH]c4c(ccc5ccccc54)c3-c3ccccc3)cc2OC)cc1OCC. The van der Waals surface area contributed by atoms with Crippen LogP contribution in [-0.4, -0.2) is 43.4 Å². The molecule has 0 saturated carbocycles. The second-order valence-corrected chi connectivity index (χ2v) is 10.5. The summed E-state index contributed by atoms with van der Waals surface area (Å²) in [6, 6.07) is 31.8. The van der Waals surface area contributed by atoms with Crippen LogP contribution in [0.2, 0.25) is 0 Å². The van der Waals surface area contributed by atoms with E-state index in [-0.39, 0.29) is 11.7 Å². The smallest absolute Gasteiger partial charge is 0.343 e. The number of aromatic amines is 1. The van der Waals surface area contributed by atoms with Crippen LogP contribution >= 0.6 is 0 Å². The van der Waals surface area contributed by atoms with Crippen LogP contribution in [-0.2, 0) is 0 Å². The van der Waals surface area contributed by atoms with Crippen LogP contribution < -0.4 is 24.4 Å². The minimum atomic E-state index is -0.582. The number of ether oxygens (including phenoxy) is 4. The maximum Gasteiger partial charge on any atom is 0.343 e. The number of carbonyl (C=O) groups excluding carboxylic acids is 2. The molecule has 0 bridgehead atoms. The molecule has 0 saturated heterocycles. The lowest BCUT2D eigenvalue weighted by molar-refractivity contribution is 0.0728. The van der Waals surface area contributed by atoms with Crippen molar-refractivity contribution < 1.29 is 28.5 Å². The number of aromatic nitrogens is 1. The number of hydrogen-bond acceptors (Lipinski definition) is 7. The van der Waals surface area contributed by atoms with Gasteiger partial charge in [-0.2, -0.15) is 5.10 Å². The van der Waals surface area contributed by atoms with Gasteiger partial charge in [0.15, 0.2) is 23.0 Å². The second-order valence-electron chi connectivity index (χ2n) is 10.5. The fraction of sp³-hybridized carbons (Fsp3) is 0.132. The second kappa shape index (κ2) is 13.9. The molecule has 9 heteroatoms. The molecule has 0 fully saturated rings. The predicted molar refractivity (Wildman–Crippen MR) is 183 cm³/mol. The summed E-state index contributed by atoms with van der Waals surface area (Å²) >= 11 is 0. The van der Waals surface area contributed by atoms with E-state index in [0.717, 1.165) is 32.8 Å². The Bertz CT molecular complexity index is 2100. The third kappa shape index (κ3) is 6.50. The number of benzene rings is 5. The van der Waals surface area contributed by atoms with Gasteiger partial charge in [-0.3, -0.25) is 4.79 Å². The van der Waals surface area contributed by atoms with Crippen LogP contribution in [0, 0.1) is 0 Å². The van der Waals surface area contributed by atoms with Gasteiger partial charge in [0.05, 0.1) is 37.6 Å². The number of nitrogens with zero attached hydrogens (tertiary/aromatic N) is 1. The molecule has 0 aliphatic rings. The highest BCUT2D eigenvalue weighted by Gasteiger charge is 2.21. The number of H-pyrrole nitrogens is 1. The summed E-state index contributed by atoms with van der Waals surface area (Å²) in [5.41, 5.74) is 6.57. The van der Waals surface area contributed by atoms with E-state index in [4.69, 9.17) is 18.9 Å². The molecule has 1 aromatic heterocycles. The molecule has 47 heavy (non-hydrogen) atoms. The highest BCUT2D eigenvalue weighted by Crippen LogP contribution is 2.36. The van der Waals surface area contributed by atoms with Crippen molar-refractivity contribution in [3.05, 3.63) is 120 Å². The number of nitrogens with one attached hydrogen (secondary N) is 2. The van der Waals surface area contributed by atoms with Crippen molar-refractivity contribution in [3.8, 4) is 34.1 Å². The molecule has 1 amide bonds. The Morgan fingerprint density at radius 3 is 2.30 bits per heavy atom. The van der Waals surface area contributed by atoms with Gasteiger partial charge < -0.3 is 23.9 Å². The highest BCUT2D eigenvalue weighted by molar-refractivity contribution is 6.16. The van der Waals surface area contributed by atoms with E-state index < -0.39 is 5.97 Å². The lowest BCUT2D eigenvalue weighted by atomic mass is 9.99. The fourth-order valence-corrected chi connectivity index (χ4v) is 5.42. The van der Waals surface area contributed by atoms with Gasteiger partial charge in [0.2, 0.25) is 0 Å². The standard InChI is InChI=1S/C38H33N3O6/c1-4-45-30-20-17-27(22-33(30)46-5-2)38(43)47-31-19-15-24(21-32(31)44-3)23-39-41-37(42)36-34(26-12-7-6-8-13-26)29-18-16-25-11-9-10-14-28(25)35(29)40-36/h6-23,40H,4-5H2,1-3H3,(H,41,42). The molecule has 0 radical (unpaired) electrons. The Kier molecular flexibility index (Phi) is 9.15. The van der Waals surface area contributed by atoms with Gasteiger partial charge in [-0.05, 0) is 66.8 Å². The lowest BCUT2D eigenvalue weighted by Gasteiger charge is -2.13. The van der Waals surface area contributed by atoms with Crippen LogP contribution in [0.15, 0.2) is 108 Å². The Morgan fingerprint density at radius 1 is 0.766 bits per heavy atom. The first-order valence-electron chi connectivity index (χ1n) is 15.2. The number of carbonyl (C=O) groups is 2. The Hall–Kier alpha value is -6.09. The van der Waals surface area contributed by atoms with Crippen LogP contribution in [0.4, 0.5) is 0 Å². The normalized spacial score (nSPS) is 11.1. The zero-order valence-electron chi connectivity index (χ0n) is 26.2. The van der Waals surface area contributed by atoms with Crippen LogP contribution in [0.1, 0.15) is 40.3 Å². The molecule has 2 N–H and O–H groups in total. The van der Waals surface area contributed by atoms with E-state index in [0.29, 0.717) is 47.3 Å². The van der Waals surface area contributed by atoms with Gasteiger partial charge in [0.25, 0.3) is 5.91 Å². The zero-order chi connectivity index (χ0) is 32.8. The Morgan fingerprint density at radius 2 is 1.51 bits per heavy atom. The van der Waals surface area contributed by atoms with Gasteiger partial charge in [0.1, 0.15) is 5.69 Å². The zero-order valence-corrected chi connectivity index (χ0v) is 26.2. The van der Waals surface area contributed by atoms with E-state index in [2.05, 4.69) is 21.6 Å². The lowest BCUT2D eigenvalue weighted by Crippen LogP contribution is -2.18.